The van der Waals surface area contributed by atoms with Crippen LogP contribution in [0.25, 0.3) is 10.9 Å². The van der Waals surface area contributed by atoms with Gasteiger partial charge in [0.2, 0.25) is 0 Å². The molecule has 0 aliphatic heterocycles. The summed E-state index contributed by atoms with van der Waals surface area (Å²) in [5.41, 5.74) is 1.12. The Balaban J connectivity index is 2.67. The Hall–Kier alpha value is -0.880. The summed E-state index contributed by atoms with van der Waals surface area (Å²) in [7, 11) is 0.864. The highest BCUT2D eigenvalue weighted by Crippen LogP contribution is 2.11. The maximum absolute atomic E-state index is 3.95. The van der Waals surface area contributed by atoms with Crippen LogP contribution in [0.15, 0.2) is 24.4 Å². The molecule has 1 unspecified atom stereocenters. The molecule has 1 atom stereocenters. The van der Waals surface area contributed by atoms with Crippen LogP contribution in [0.2, 0.25) is 0 Å². The normalized spacial score (nSPS) is 11.7. The van der Waals surface area contributed by atoms with Crippen LogP contribution in [0.3, 0.4) is 0 Å². The molecular formula is C8H9N2P. The molecule has 2 nitrogen and oxygen atoms in total. The number of hydrogen-bond acceptors (Lipinski definition) is 1. The standard InChI is InChI=1S/C8H9N2P/c1-11-7-2-3-8-6(4-7)5-9-10-8/h2-5,11H,1H3,(H,9,10). The van der Waals surface area contributed by atoms with E-state index in [0.29, 0.717) is 0 Å². The SMILES string of the molecule is CPc1ccc2[nH]ncc2c1. The third-order valence-electron chi connectivity index (χ3n) is 1.73. The fourth-order valence-corrected chi connectivity index (χ4v) is 1.65. The van der Waals surface area contributed by atoms with Crippen LogP contribution in [-0.2, 0) is 0 Å². The molecule has 0 fully saturated rings. The van der Waals surface area contributed by atoms with Gasteiger partial charge in [-0.1, -0.05) is 14.6 Å². The van der Waals surface area contributed by atoms with Gasteiger partial charge in [0.1, 0.15) is 0 Å². The predicted molar refractivity (Wildman–Crippen MR) is 50.0 cm³/mol. The Kier molecular flexibility index (Phi) is 1.63. The summed E-state index contributed by atoms with van der Waals surface area (Å²) < 4.78 is 0. The third kappa shape index (κ3) is 1.14. The van der Waals surface area contributed by atoms with Gasteiger partial charge in [0.15, 0.2) is 0 Å². The van der Waals surface area contributed by atoms with E-state index in [1.54, 1.807) is 0 Å². The van der Waals surface area contributed by atoms with E-state index in [2.05, 4.69) is 35.1 Å². The summed E-state index contributed by atoms with van der Waals surface area (Å²) in [5, 5.41) is 9.47. The highest BCUT2D eigenvalue weighted by atomic mass is 31.1. The molecule has 0 radical (unpaired) electrons. The van der Waals surface area contributed by atoms with E-state index in [-0.39, 0.29) is 0 Å². The van der Waals surface area contributed by atoms with Crippen molar-refractivity contribution in [2.45, 2.75) is 0 Å². The number of aromatic amines is 1. The van der Waals surface area contributed by atoms with Crippen LogP contribution < -0.4 is 5.30 Å². The molecule has 56 valence electrons. The van der Waals surface area contributed by atoms with Crippen molar-refractivity contribution in [3.05, 3.63) is 24.4 Å². The lowest BCUT2D eigenvalue weighted by Crippen LogP contribution is -1.89. The Morgan fingerprint density at radius 2 is 2.36 bits per heavy atom. The van der Waals surface area contributed by atoms with Gasteiger partial charge in [0.25, 0.3) is 0 Å². The van der Waals surface area contributed by atoms with Crippen molar-refractivity contribution in [2.75, 3.05) is 6.66 Å². The molecule has 2 rings (SSSR count). The van der Waals surface area contributed by atoms with Gasteiger partial charge < -0.3 is 0 Å². The van der Waals surface area contributed by atoms with Crippen LogP contribution in [0.5, 0.6) is 0 Å². The van der Waals surface area contributed by atoms with E-state index >= 15 is 0 Å². The number of nitrogens with zero attached hydrogens (tertiary/aromatic N) is 1. The first kappa shape index (κ1) is 6.81. The number of H-pyrrole nitrogens is 1. The lowest BCUT2D eigenvalue weighted by atomic mass is 10.3. The van der Waals surface area contributed by atoms with Crippen LogP contribution in [0.4, 0.5) is 0 Å². The Labute approximate surface area is 66.8 Å². The van der Waals surface area contributed by atoms with E-state index in [1.165, 1.54) is 10.7 Å². The zero-order valence-corrected chi connectivity index (χ0v) is 7.26. The maximum Gasteiger partial charge on any atom is 0.0650 e. The second-order valence-electron chi connectivity index (χ2n) is 2.42. The fourth-order valence-electron chi connectivity index (χ4n) is 1.10. The van der Waals surface area contributed by atoms with Crippen molar-refractivity contribution < 1.29 is 0 Å². The van der Waals surface area contributed by atoms with Crippen LogP contribution in [0, 0.1) is 0 Å². The van der Waals surface area contributed by atoms with Crippen molar-refractivity contribution >= 4 is 24.8 Å². The summed E-state index contributed by atoms with van der Waals surface area (Å²) in [6.07, 6.45) is 1.86. The summed E-state index contributed by atoms with van der Waals surface area (Å²) >= 11 is 0. The van der Waals surface area contributed by atoms with E-state index in [4.69, 9.17) is 0 Å². The van der Waals surface area contributed by atoms with Crippen molar-refractivity contribution in [3.63, 3.8) is 0 Å². The molecule has 0 aliphatic rings. The molecule has 0 saturated heterocycles. The van der Waals surface area contributed by atoms with Crippen LogP contribution in [-0.4, -0.2) is 16.9 Å². The molecule has 1 N–H and O–H groups in total. The minimum Gasteiger partial charge on any atom is -0.278 e. The number of rotatable bonds is 1. The molecular weight excluding hydrogens is 155 g/mol. The summed E-state index contributed by atoms with van der Waals surface area (Å²) in [4.78, 5) is 0. The molecule has 2 aromatic rings. The Morgan fingerprint density at radius 1 is 1.45 bits per heavy atom. The molecule has 1 heterocycles. The van der Waals surface area contributed by atoms with E-state index in [0.717, 1.165) is 14.1 Å². The topological polar surface area (TPSA) is 28.7 Å². The zero-order valence-electron chi connectivity index (χ0n) is 6.26. The summed E-state index contributed by atoms with van der Waals surface area (Å²) in [6, 6.07) is 6.39. The molecule has 0 amide bonds. The van der Waals surface area contributed by atoms with E-state index < -0.39 is 0 Å². The largest absolute Gasteiger partial charge is 0.278 e. The lowest BCUT2D eigenvalue weighted by Gasteiger charge is -1.94. The van der Waals surface area contributed by atoms with Gasteiger partial charge >= 0.3 is 0 Å². The maximum atomic E-state index is 3.95. The van der Waals surface area contributed by atoms with Gasteiger partial charge in [0.05, 0.1) is 11.7 Å². The first-order chi connectivity index (χ1) is 5.40. The molecule has 11 heavy (non-hydrogen) atoms. The van der Waals surface area contributed by atoms with Crippen LogP contribution in [0.1, 0.15) is 0 Å². The molecule has 0 bridgehead atoms. The minimum absolute atomic E-state index is 0.864. The average Bonchev–Trinajstić information content (AvgIpc) is 2.50. The highest BCUT2D eigenvalue weighted by Gasteiger charge is 1.94. The Morgan fingerprint density at radius 3 is 3.18 bits per heavy atom. The molecule has 0 aliphatic carbocycles. The molecule has 1 aromatic carbocycles. The van der Waals surface area contributed by atoms with E-state index in [9.17, 15) is 0 Å². The molecule has 0 saturated carbocycles. The average molecular weight is 164 g/mol. The monoisotopic (exact) mass is 164 g/mol. The number of benzene rings is 1. The minimum atomic E-state index is 0.864. The first-order valence-corrected chi connectivity index (χ1v) is 5.01. The van der Waals surface area contributed by atoms with Gasteiger partial charge in [-0.25, -0.2) is 0 Å². The number of hydrogen-bond donors (Lipinski definition) is 1. The smallest absolute Gasteiger partial charge is 0.0650 e. The van der Waals surface area contributed by atoms with E-state index in [1.807, 2.05) is 6.20 Å². The van der Waals surface area contributed by atoms with Gasteiger partial charge in [-0.05, 0) is 24.1 Å². The molecule has 0 spiro atoms. The van der Waals surface area contributed by atoms with Crippen molar-refractivity contribution in [2.24, 2.45) is 0 Å². The Bertz CT molecular complexity index is 367. The van der Waals surface area contributed by atoms with Crippen molar-refractivity contribution in [1.29, 1.82) is 0 Å². The summed E-state index contributed by atoms with van der Waals surface area (Å²) in [5.74, 6) is 0. The fraction of sp³-hybridized carbons (Fsp3) is 0.125. The van der Waals surface area contributed by atoms with Crippen LogP contribution >= 0.6 is 8.58 Å². The van der Waals surface area contributed by atoms with Crippen molar-refractivity contribution in [1.82, 2.24) is 10.2 Å². The second-order valence-corrected chi connectivity index (χ2v) is 3.50. The third-order valence-corrected chi connectivity index (χ3v) is 2.62. The molecule has 1 aromatic heterocycles. The van der Waals surface area contributed by atoms with Gasteiger partial charge in [-0.3, -0.25) is 5.10 Å². The second kappa shape index (κ2) is 2.63. The van der Waals surface area contributed by atoms with Gasteiger partial charge in [-0.15, -0.1) is 0 Å². The van der Waals surface area contributed by atoms with Gasteiger partial charge in [-0.2, -0.15) is 5.10 Å². The zero-order chi connectivity index (χ0) is 7.68. The quantitative estimate of drug-likeness (QED) is 0.635. The van der Waals surface area contributed by atoms with Crippen molar-refractivity contribution in [3.8, 4) is 0 Å². The lowest BCUT2D eigenvalue weighted by molar-refractivity contribution is 1.12. The first-order valence-electron chi connectivity index (χ1n) is 3.51. The number of nitrogens with one attached hydrogen (secondary N) is 1. The highest BCUT2D eigenvalue weighted by molar-refractivity contribution is 7.46. The summed E-state index contributed by atoms with van der Waals surface area (Å²) in [6.45, 7) is 2.18. The predicted octanol–water partition coefficient (Wildman–Crippen LogP) is 1.50. The number of aromatic nitrogens is 2. The van der Waals surface area contributed by atoms with Gasteiger partial charge in [0, 0.05) is 5.39 Å². The molecule has 3 heteroatoms. The number of fused-ring (bicyclic) bond motifs is 1.